The molecule has 0 aliphatic carbocycles. The van der Waals surface area contributed by atoms with Crippen molar-refractivity contribution < 1.29 is 14.5 Å². The Bertz CT molecular complexity index is 733. The summed E-state index contributed by atoms with van der Waals surface area (Å²) in [5.74, 6) is 0.769. The maximum Gasteiger partial charge on any atom is 0.269 e. The van der Waals surface area contributed by atoms with E-state index in [0.717, 1.165) is 12.2 Å². The molecule has 1 aliphatic rings. The van der Waals surface area contributed by atoms with Crippen LogP contribution < -0.4 is 4.74 Å². The molecular weight excluding hydrogens is 308 g/mol. The lowest BCUT2D eigenvalue weighted by atomic mass is 10.1. The molecule has 6 nitrogen and oxygen atoms in total. The van der Waals surface area contributed by atoms with Gasteiger partial charge in [-0.1, -0.05) is 30.3 Å². The second-order valence-electron chi connectivity index (χ2n) is 5.79. The smallest absolute Gasteiger partial charge is 0.269 e. The van der Waals surface area contributed by atoms with E-state index in [2.05, 4.69) is 0 Å². The Balaban J connectivity index is 1.56. The Morgan fingerprint density at radius 3 is 2.75 bits per heavy atom. The van der Waals surface area contributed by atoms with Crippen LogP contribution >= 0.6 is 0 Å². The molecule has 0 bridgehead atoms. The van der Waals surface area contributed by atoms with Crippen LogP contribution in [0, 0.1) is 10.1 Å². The van der Waals surface area contributed by atoms with Gasteiger partial charge in [0.2, 0.25) is 5.91 Å². The van der Waals surface area contributed by atoms with Gasteiger partial charge < -0.3 is 9.64 Å². The molecule has 1 amide bonds. The molecular formula is C18H18N2O4. The summed E-state index contributed by atoms with van der Waals surface area (Å²) < 4.78 is 5.87. The summed E-state index contributed by atoms with van der Waals surface area (Å²) in [5.41, 5.74) is 0.661. The number of para-hydroxylation sites is 1. The molecule has 0 unspecified atom stereocenters. The minimum absolute atomic E-state index is 0.00649. The number of amides is 1. The molecule has 124 valence electrons. The minimum Gasteiger partial charge on any atom is -0.489 e. The third-order valence-corrected chi connectivity index (χ3v) is 4.02. The highest BCUT2D eigenvalue weighted by Gasteiger charge is 2.27. The molecule has 3 rings (SSSR count). The van der Waals surface area contributed by atoms with E-state index in [4.69, 9.17) is 4.74 Å². The molecule has 6 heteroatoms. The molecule has 24 heavy (non-hydrogen) atoms. The number of likely N-dealkylation sites (tertiary alicyclic amines) is 1. The van der Waals surface area contributed by atoms with Crippen molar-refractivity contribution in [3.8, 4) is 5.75 Å². The lowest BCUT2D eigenvalue weighted by Gasteiger charge is -2.17. The Hall–Kier alpha value is -2.89. The summed E-state index contributed by atoms with van der Waals surface area (Å²) >= 11 is 0. The number of nitrogens with zero attached hydrogens (tertiary/aromatic N) is 2. The maximum atomic E-state index is 12.4. The van der Waals surface area contributed by atoms with Crippen molar-refractivity contribution in [3.63, 3.8) is 0 Å². The number of hydrogen-bond donors (Lipinski definition) is 0. The highest BCUT2D eigenvalue weighted by atomic mass is 16.6. The molecule has 1 aliphatic heterocycles. The van der Waals surface area contributed by atoms with Gasteiger partial charge in [-0.05, 0) is 17.7 Å². The van der Waals surface area contributed by atoms with Gasteiger partial charge in [-0.15, -0.1) is 0 Å². The number of rotatable bonds is 5. The van der Waals surface area contributed by atoms with Crippen molar-refractivity contribution in [3.05, 3.63) is 70.3 Å². The minimum atomic E-state index is -0.451. The van der Waals surface area contributed by atoms with E-state index in [1.54, 1.807) is 17.0 Å². The Kier molecular flexibility index (Phi) is 4.74. The summed E-state index contributed by atoms with van der Waals surface area (Å²) in [6.45, 7) is 1.19. The zero-order valence-electron chi connectivity index (χ0n) is 13.1. The fourth-order valence-electron chi connectivity index (χ4n) is 2.81. The van der Waals surface area contributed by atoms with Crippen LogP contribution in [0.1, 0.15) is 12.0 Å². The van der Waals surface area contributed by atoms with E-state index in [9.17, 15) is 14.9 Å². The largest absolute Gasteiger partial charge is 0.489 e. The van der Waals surface area contributed by atoms with Gasteiger partial charge in [0.15, 0.2) is 0 Å². The topological polar surface area (TPSA) is 72.7 Å². The fourth-order valence-corrected chi connectivity index (χ4v) is 2.81. The monoisotopic (exact) mass is 326 g/mol. The molecule has 0 N–H and O–H groups in total. The predicted octanol–water partition coefficient (Wildman–Crippen LogP) is 2.82. The van der Waals surface area contributed by atoms with E-state index in [1.807, 2.05) is 30.3 Å². The molecule has 0 aromatic heterocycles. The summed E-state index contributed by atoms with van der Waals surface area (Å²) in [7, 11) is 0. The van der Waals surface area contributed by atoms with Crippen molar-refractivity contribution in [2.75, 3.05) is 13.1 Å². The van der Waals surface area contributed by atoms with Crippen molar-refractivity contribution in [1.82, 2.24) is 4.90 Å². The predicted molar refractivity (Wildman–Crippen MR) is 88.9 cm³/mol. The molecule has 1 heterocycles. The number of hydrogen-bond acceptors (Lipinski definition) is 4. The molecule has 1 fully saturated rings. The van der Waals surface area contributed by atoms with Crippen molar-refractivity contribution in [2.45, 2.75) is 18.9 Å². The third-order valence-electron chi connectivity index (χ3n) is 4.02. The fraction of sp³-hybridized carbons (Fsp3) is 0.278. The van der Waals surface area contributed by atoms with E-state index in [0.29, 0.717) is 18.7 Å². The Morgan fingerprint density at radius 2 is 2.00 bits per heavy atom. The highest BCUT2D eigenvalue weighted by Crippen LogP contribution is 2.19. The van der Waals surface area contributed by atoms with Crippen LogP contribution in [0.5, 0.6) is 5.75 Å². The lowest BCUT2D eigenvalue weighted by molar-refractivity contribution is -0.384. The molecule has 0 spiro atoms. The van der Waals surface area contributed by atoms with E-state index in [1.165, 1.54) is 12.1 Å². The molecule has 2 aromatic rings. The van der Waals surface area contributed by atoms with Gasteiger partial charge in [0.05, 0.1) is 17.9 Å². The first-order valence-corrected chi connectivity index (χ1v) is 7.84. The first-order chi connectivity index (χ1) is 11.6. The van der Waals surface area contributed by atoms with Gasteiger partial charge >= 0.3 is 0 Å². The standard InChI is InChI=1S/C18H18N2O4/c21-18(12-14-5-4-6-15(11-14)20(22)23)19-10-9-17(13-19)24-16-7-2-1-3-8-16/h1-8,11,17H,9-10,12-13H2/t17-/m0/s1. The van der Waals surface area contributed by atoms with Crippen molar-refractivity contribution in [1.29, 1.82) is 0 Å². The van der Waals surface area contributed by atoms with Crippen LogP contribution in [0.4, 0.5) is 5.69 Å². The third kappa shape index (κ3) is 3.90. The Labute approximate surface area is 139 Å². The summed E-state index contributed by atoms with van der Waals surface area (Å²) in [6, 6.07) is 15.8. The average molecular weight is 326 g/mol. The van der Waals surface area contributed by atoms with Gasteiger partial charge in [0.1, 0.15) is 11.9 Å². The van der Waals surface area contributed by atoms with Gasteiger partial charge in [-0.2, -0.15) is 0 Å². The molecule has 1 atom stereocenters. The van der Waals surface area contributed by atoms with Crippen LogP contribution in [0.2, 0.25) is 0 Å². The van der Waals surface area contributed by atoms with Crippen molar-refractivity contribution in [2.24, 2.45) is 0 Å². The quantitative estimate of drug-likeness (QED) is 0.625. The number of carbonyl (C=O) groups excluding carboxylic acids is 1. The molecule has 0 saturated carbocycles. The summed E-state index contributed by atoms with van der Waals surface area (Å²) in [5, 5.41) is 10.8. The van der Waals surface area contributed by atoms with E-state index >= 15 is 0 Å². The van der Waals surface area contributed by atoms with Crippen LogP contribution in [-0.2, 0) is 11.2 Å². The number of benzene rings is 2. The van der Waals surface area contributed by atoms with Crippen LogP contribution in [-0.4, -0.2) is 34.9 Å². The number of nitro groups is 1. The lowest BCUT2D eigenvalue weighted by Crippen LogP contribution is -2.32. The van der Waals surface area contributed by atoms with E-state index < -0.39 is 4.92 Å². The maximum absolute atomic E-state index is 12.4. The molecule has 0 radical (unpaired) electrons. The summed E-state index contributed by atoms with van der Waals surface area (Å²) in [4.78, 5) is 24.5. The molecule has 1 saturated heterocycles. The number of ether oxygens (including phenoxy) is 1. The Morgan fingerprint density at radius 1 is 1.21 bits per heavy atom. The van der Waals surface area contributed by atoms with Gasteiger partial charge in [-0.25, -0.2) is 0 Å². The molecule has 2 aromatic carbocycles. The van der Waals surface area contributed by atoms with Gasteiger partial charge in [-0.3, -0.25) is 14.9 Å². The zero-order chi connectivity index (χ0) is 16.9. The number of non-ortho nitro benzene ring substituents is 1. The number of nitro benzene ring substituents is 1. The van der Waals surface area contributed by atoms with Crippen LogP contribution in [0.3, 0.4) is 0 Å². The van der Waals surface area contributed by atoms with Gasteiger partial charge in [0.25, 0.3) is 5.69 Å². The first kappa shape index (κ1) is 16.0. The SMILES string of the molecule is O=C(Cc1cccc([N+](=O)[O-])c1)N1CC[C@H](Oc2ccccc2)C1. The highest BCUT2D eigenvalue weighted by molar-refractivity contribution is 5.79. The average Bonchev–Trinajstić information content (AvgIpc) is 3.04. The van der Waals surface area contributed by atoms with Crippen molar-refractivity contribution >= 4 is 11.6 Å². The number of carbonyl (C=O) groups is 1. The van der Waals surface area contributed by atoms with Crippen LogP contribution in [0.15, 0.2) is 54.6 Å². The summed E-state index contributed by atoms with van der Waals surface area (Å²) in [6.07, 6.45) is 0.941. The van der Waals surface area contributed by atoms with E-state index in [-0.39, 0.29) is 24.1 Å². The zero-order valence-corrected chi connectivity index (χ0v) is 13.1. The second-order valence-corrected chi connectivity index (χ2v) is 5.79. The van der Waals surface area contributed by atoms with Crippen LogP contribution in [0.25, 0.3) is 0 Å². The normalized spacial score (nSPS) is 16.8. The van der Waals surface area contributed by atoms with Gasteiger partial charge in [0, 0.05) is 25.1 Å². The second kappa shape index (κ2) is 7.12. The first-order valence-electron chi connectivity index (χ1n) is 7.84.